The second kappa shape index (κ2) is 3.33. The summed E-state index contributed by atoms with van der Waals surface area (Å²) in [7, 11) is 0. The molecule has 0 saturated carbocycles. The van der Waals surface area contributed by atoms with Crippen LogP contribution in [0.3, 0.4) is 0 Å². The first-order valence-corrected chi connectivity index (χ1v) is 4.13. The second-order valence-electron chi connectivity index (χ2n) is 2.84. The topological polar surface area (TPSA) is 62.0 Å². The molecule has 0 unspecified atom stereocenters. The lowest BCUT2D eigenvalue weighted by Gasteiger charge is -1.94. The normalized spacial score (nSPS) is 10.0. The van der Waals surface area contributed by atoms with Crippen molar-refractivity contribution in [2.45, 2.75) is 0 Å². The summed E-state index contributed by atoms with van der Waals surface area (Å²) < 4.78 is 0. The number of aromatic nitrogens is 1. The highest BCUT2D eigenvalue weighted by Crippen LogP contribution is 2.16. The Morgan fingerprint density at radius 1 is 1.36 bits per heavy atom. The van der Waals surface area contributed by atoms with Crippen LogP contribution in [0.1, 0.15) is 10.4 Å². The minimum atomic E-state index is -0.391. The van der Waals surface area contributed by atoms with Gasteiger partial charge in [-0.15, -0.1) is 0 Å². The average Bonchev–Trinajstić information content (AvgIpc) is 2.61. The van der Waals surface area contributed by atoms with Crippen LogP contribution in [0, 0.1) is 0 Å². The number of benzene rings is 1. The first-order chi connectivity index (χ1) is 6.83. The molecule has 4 nitrogen and oxygen atoms in total. The maximum Gasteiger partial charge on any atom is 0.259 e. The Bertz CT molecular complexity index is 488. The Morgan fingerprint density at radius 3 is 2.93 bits per heavy atom. The average molecular weight is 188 g/mol. The van der Waals surface area contributed by atoms with E-state index in [1.807, 2.05) is 24.3 Å². The molecule has 0 aliphatic heterocycles. The molecular weight excluding hydrogens is 180 g/mol. The molecule has 0 atom stereocenters. The molecule has 2 N–H and O–H groups in total. The van der Waals surface area contributed by atoms with Gasteiger partial charge in [0, 0.05) is 17.1 Å². The highest BCUT2D eigenvalue weighted by molar-refractivity contribution is 6.09. The van der Waals surface area contributed by atoms with Gasteiger partial charge in [0.25, 0.3) is 5.91 Å². The number of aromatic amines is 1. The molecule has 0 saturated heterocycles. The lowest BCUT2D eigenvalue weighted by Crippen LogP contribution is -2.20. The summed E-state index contributed by atoms with van der Waals surface area (Å²) in [5.41, 5.74) is 1.36. The molecule has 0 fully saturated rings. The summed E-state index contributed by atoms with van der Waals surface area (Å²) in [6.45, 7) is 0. The molecule has 4 heteroatoms. The van der Waals surface area contributed by atoms with Crippen molar-refractivity contribution in [3.05, 3.63) is 36.0 Å². The number of H-pyrrole nitrogens is 1. The van der Waals surface area contributed by atoms with Gasteiger partial charge in [-0.05, 0) is 6.07 Å². The highest BCUT2D eigenvalue weighted by Gasteiger charge is 2.09. The van der Waals surface area contributed by atoms with Crippen LogP contribution < -0.4 is 5.32 Å². The predicted octanol–water partition coefficient (Wildman–Crippen LogP) is 1.05. The van der Waals surface area contributed by atoms with Crippen LogP contribution in [-0.4, -0.2) is 17.3 Å². The Hall–Kier alpha value is -2.10. The fourth-order valence-corrected chi connectivity index (χ4v) is 1.39. The monoisotopic (exact) mass is 188 g/mol. The molecule has 2 amide bonds. The smallest absolute Gasteiger partial charge is 0.259 e. The lowest BCUT2D eigenvalue weighted by atomic mass is 10.2. The van der Waals surface area contributed by atoms with Crippen LogP contribution in [0.5, 0.6) is 0 Å². The second-order valence-corrected chi connectivity index (χ2v) is 2.84. The summed E-state index contributed by atoms with van der Waals surface area (Å²) in [5.74, 6) is -0.391. The molecule has 1 aromatic heterocycles. The van der Waals surface area contributed by atoms with Gasteiger partial charge in [0.05, 0.1) is 5.56 Å². The standard InChI is InChI=1S/C10H8N2O2/c13-6-12-10(14)8-5-11-9-4-2-1-3-7(8)9/h1-6,11H,(H,12,13,14). The van der Waals surface area contributed by atoms with Crippen LogP contribution in [-0.2, 0) is 4.79 Å². The lowest BCUT2D eigenvalue weighted by molar-refractivity contribution is -0.108. The molecule has 1 heterocycles. The van der Waals surface area contributed by atoms with Gasteiger partial charge in [-0.2, -0.15) is 0 Å². The van der Waals surface area contributed by atoms with Crippen molar-refractivity contribution < 1.29 is 9.59 Å². The van der Waals surface area contributed by atoms with Gasteiger partial charge in [-0.3, -0.25) is 14.9 Å². The Labute approximate surface area is 79.9 Å². The van der Waals surface area contributed by atoms with Gasteiger partial charge in [0.2, 0.25) is 6.41 Å². The molecule has 2 aromatic rings. The molecule has 70 valence electrons. The molecule has 0 spiro atoms. The zero-order valence-electron chi connectivity index (χ0n) is 7.28. The number of carbonyl (C=O) groups excluding carboxylic acids is 2. The summed E-state index contributed by atoms with van der Waals surface area (Å²) in [4.78, 5) is 24.4. The third kappa shape index (κ3) is 1.26. The van der Waals surface area contributed by atoms with Crippen molar-refractivity contribution in [3.63, 3.8) is 0 Å². The zero-order chi connectivity index (χ0) is 9.97. The third-order valence-corrected chi connectivity index (χ3v) is 2.02. The molecule has 0 aliphatic carbocycles. The summed E-state index contributed by atoms with van der Waals surface area (Å²) in [6.07, 6.45) is 1.97. The van der Waals surface area contributed by atoms with E-state index in [1.54, 1.807) is 6.20 Å². The number of hydrogen-bond acceptors (Lipinski definition) is 2. The van der Waals surface area contributed by atoms with E-state index in [4.69, 9.17) is 0 Å². The van der Waals surface area contributed by atoms with Crippen molar-refractivity contribution in [1.82, 2.24) is 10.3 Å². The number of carbonyl (C=O) groups is 2. The van der Waals surface area contributed by atoms with E-state index in [9.17, 15) is 9.59 Å². The number of nitrogens with one attached hydrogen (secondary N) is 2. The predicted molar refractivity (Wildman–Crippen MR) is 51.8 cm³/mol. The Morgan fingerprint density at radius 2 is 2.14 bits per heavy atom. The van der Waals surface area contributed by atoms with E-state index in [1.165, 1.54) is 0 Å². The molecule has 1 aromatic carbocycles. The van der Waals surface area contributed by atoms with Crippen LogP contribution in [0.4, 0.5) is 0 Å². The number of rotatable bonds is 2. The van der Waals surface area contributed by atoms with E-state index >= 15 is 0 Å². The number of imide groups is 1. The summed E-state index contributed by atoms with van der Waals surface area (Å²) >= 11 is 0. The molecule has 2 rings (SSSR count). The maximum absolute atomic E-state index is 11.4. The van der Waals surface area contributed by atoms with Crippen LogP contribution in [0.15, 0.2) is 30.5 Å². The molecule has 14 heavy (non-hydrogen) atoms. The highest BCUT2D eigenvalue weighted by atomic mass is 16.2. The molecule has 0 bridgehead atoms. The fourth-order valence-electron chi connectivity index (χ4n) is 1.39. The Kier molecular flexibility index (Phi) is 2.02. The SMILES string of the molecule is O=CNC(=O)c1c[nH]c2ccccc12. The minimum absolute atomic E-state index is 0.379. The minimum Gasteiger partial charge on any atom is -0.360 e. The van der Waals surface area contributed by atoms with Gasteiger partial charge < -0.3 is 4.98 Å². The van der Waals surface area contributed by atoms with Crippen molar-refractivity contribution in [3.8, 4) is 0 Å². The third-order valence-electron chi connectivity index (χ3n) is 2.02. The van der Waals surface area contributed by atoms with Crippen molar-refractivity contribution in [2.75, 3.05) is 0 Å². The Balaban J connectivity index is 2.52. The van der Waals surface area contributed by atoms with E-state index in [0.717, 1.165) is 10.9 Å². The first-order valence-electron chi connectivity index (χ1n) is 4.13. The number of hydrogen-bond donors (Lipinski definition) is 2. The quantitative estimate of drug-likeness (QED) is 0.692. The molecule has 0 aliphatic rings. The van der Waals surface area contributed by atoms with E-state index in [2.05, 4.69) is 10.3 Å². The zero-order valence-corrected chi connectivity index (χ0v) is 7.28. The van der Waals surface area contributed by atoms with Gasteiger partial charge in [0.15, 0.2) is 0 Å². The molecule has 0 radical (unpaired) electrons. The van der Waals surface area contributed by atoms with Crippen LogP contribution in [0.25, 0.3) is 10.9 Å². The van der Waals surface area contributed by atoms with Crippen molar-refractivity contribution in [2.24, 2.45) is 0 Å². The fraction of sp³-hybridized carbons (Fsp3) is 0. The van der Waals surface area contributed by atoms with E-state index in [0.29, 0.717) is 12.0 Å². The van der Waals surface area contributed by atoms with Gasteiger partial charge in [0.1, 0.15) is 0 Å². The first kappa shape index (κ1) is 8.50. The van der Waals surface area contributed by atoms with Gasteiger partial charge in [-0.1, -0.05) is 18.2 Å². The maximum atomic E-state index is 11.4. The van der Waals surface area contributed by atoms with E-state index < -0.39 is 5.91 Å². The van der Waals surface area contributed by atoms with Gasteiger partial charge in [-0.25, -0.2) is 0 Å². The summed E-state index contributed by atoms with van der Waals surface area (Å²) in [5, 5.41) is 2.91. The molecular formula is C10H8N2O2. The van der Waals surface area contributed by atoms with E-state index in [-0.39, 0.29) is 0 Å². The van der Waals surface area contributed by atoms with Crippen LogP contribution >= 0.6 is 0 Å². The van der Waals surface area contributed by atoms with Crippen molar-refractivity contribution in [1.29, 1.82) is 0 Å². The summed E-state index contributed by atoms with van der Waals surface area (Å²) in [6, 6.07) is 7.41. The number of para-hydroxylation sites is 1. The number of amides is 2. The van der Waals surface area contributed by atoms with Crippen LogP contribution in [0.2, 0.25) is 0 Å². The largest absolute Gasteiger partial charge is 0.360 e. The van der Waals surface area contributed by atoms with Gasteiger partial charge >= 0.3 is 0 Å². The number of fused-ring (bicyclic) bond motifs is 1. The van der Waals surface area contributed by atoms with Crippen molar-refractivity contribution >= 4 is 23.2 Å².